The van der Waals surface area contributed by atoms with Crippen molar-refractivity contribution in [1.82, 2.24) is 4.37 Å². The second kappa shape index (κ2) is 4.70. The molecule has 0 saturated carbocycles. The molecule has 0 aliphatic rings. The molecule has 5 heteroatoms. The summed E-state index contributed by atoms with van der Waals surface area (Å²) in [4.78, 5) is 0. The van der Waals surface area contributed by atoms with E-state index in [9.17, 15) is 5.11 Å². The molecule has 0 radical (unpaired) electrons. The average Bonchev–Trinajstić information content (AvgIpc) is 2.85. The van der Waals surface area contributed by atoms with Crippen LogP contribution < -0.4 is 0 Å². The van der Waals surface area contributed by atoms with Gasteiger partial charge in [-0.3, -0.25) is 0 Å². The molecule has 0 aliphatic carbocycles. The minimum absolute atomic E-state index is 0.0624. The Morgan fingerprint density at radius 3 is 2.79 bits per heavy atom. The molecule has 0 aliphatic heterocycles. The summed E-state index contributed by atoms with van der Waals surface area (Å²) in [5, 5.41) is 22.6. The largest absolute Gasteiger partial charge is 0.507 e. The van der Waals surface area contributed by atoms with Gasteiger partial charge in [-0.05, 0) is 23.7 Å². The van der Waals surface area contributed by atoms with Gasteiger partial charge in [0, 0.05) is 16.5 Å². The van der Waals surface area contributed by atoms with Crippen molar-refractivity contribution in [3.05, 3.63) is 48.0 Å². The van der Waals surface area contributed by atoms with Crippen LogP contribution in [0.2, 0.25) is 0 Å². The van der Waals surface area contributed by atoms with Crippen molar-refractivity contribution in [3.63, 3.8) is 0 Å². The lowest BCUT2D eigenvalue weighted by Crippen LogP contribution is -1.89. The van der Waals surface area contributed by atoms with Crippen LogP contribution in [-0.2, 0) is 0 Å². The Morgan fingerprint density at radius 2 is 1.95 bits per heavy atom. The van der Waals surface area contributed by atoms with E-state index in [0.29, 0.717) is 5.56 Å². The summed E-state index contributed by atoms with van der Waals surface area (Å²) in [5.74, 6) is 0.0624. The topological polar surface area (TPSA) is 65.7 Å². The molecule has 3 rings (SSSR count). The molecule has 1 aromatic heterocycles. The highest BCUT2D eigenvalue weighted by atomic mass is 32.1. The first-order chi connectivity index (χ1) is 9.31. The van der Waals surface area contributed by atoms with Gasteiger partial charge in [0.25, 0.3) is 0 Å². The SMILES string of the molecule is ON=Cc1c(O)cccc1-c1nsc2ccccc12. The maximum Gasteiger partial charge on any atom is 0.125 e. The summed E-state index contributed by atoms with van der Waals surface area (Å²) in [7, 11) is 0. The predicted molar refractivity (Wildman–Crippen MR) is 76.1 cm³/mol. The van der Waals surface area contributed by atoms with Crippen LogP contribution in [-0.4, -0.2) is 20.9 Å². The van der Waals surface area contributed by atoms with Crippen LogP contribution in [0.1, 0.15) is 5.56 Å². The van der Waals surface area contributed by atoms with Crippen molar-refractivity contribution >= 4 is 27.8 Å². The molecular formula is C14H10N2O2S. The molecule has 94 valence electrons. The van der Waals surface area contributed by atoms with Gasteiger partial charge in [0.05, 0.1) is 16.6 Å². The zero-order valence-corrected chi connectivity index (χ0v) is 10.6. The quantitative estimate of drug-likeness (QED) is 0.425. The standard InChI is InChI=1S/C14H10N2O2S/c17-12-6-3-5-9(11(12)8-15-18)14-10-4-1-2-7-13(10)19-16-14/h1-8,17-18H. The van der Waals surface area contributed by atoms with E-state index in [-0.39, 0.29) is 5.75 Å². The van der Waals surface area contributed by atoms with Crippen LogP contribution in [0.25, 0.3) is 21.3 Å². The number of fused-ring (bicyclic) bond motifs is 1. The Morgan fingerprint density at radius 1 is 1.11 bits per heavy atom. The highest BCUT2D eigenvalue weighted by molar-refractivity contribution is 7.13. The van der Waals surface area contributed by atoms with Crippen LogP contribution in [0, 0.1) is 0 Å². The molecular weight excluding hydrogens is 260 g/mol. The fraction of sp³-hybridized carbons (Fsp3) is 0. The Labute approximate surface area is 113 Å². The molecule has 0 bridgehead atoms. The number of benzene rings is 2. The highest BCUT2D eigenvalue weighted by Gasteiger charge is 2.13. The lowest BCUT2D eigenvalue weighted by Gasteiger charge is -2.05. The van der Waals surface area contributed by atoms with Crippen LogP contribution in [0.3, 0.4) is 0 Å². The minimum Gasteiger partial charge on any atom is -0.507 e. The van der Waals surface area contributed by atoms with E-state index in [0.717, 1.165) is 21.3 Å². The third-order valence-corrected chi connectivity index (χ3v) is 3.73. The summed E-state index contributed by atoms with van der Waals surface area (Å²) in [6, 6.07) is 13.0. The lowest BCUT2D eigenvalue weighted by molar-refractivity contribution is 0.321. The van der Waals surface area contributed by atoms with Gasteiger partial charge in [-0.25, -0.2) is 0 Å². The molecule has 1 heterocycles. The highest BCUT2D eigenvalue weighted by Crippen LogP contribution is 2.34. The smallest absolute Gasteiger partial charge is 0.125 e. The first-order valence-corrected chi connectivity index (χ1v) is 6.43. The number of phenols is 1. The zero-order valence-electron chi connectivity index (χ0n) is 9.82. The Balaban J connectivity index is 2.30. The van der Waals surface area contributed by atoms with Gasteiger partial charge >= 0.3 is 0 Å². The molecule has 0 amide bonds. The van der Waals surface area contributed by atoms with E-state index >= 15 is 0 Å². The molecule has 0 spiro atoms. The number of oxime groups is 1. The van der Waals surface area contributed by atoms with E-state index in [1.165, 1.54) is 17.7 Å². The van der Waals surface area contributed by atoms with E-state index in [1.54, 1.807) is 12.1 Å². The second-order valence-corrected chi connectivity index (χ2v) is 4.82. The average molecular weight is 270 g/mol. The Bertz CT molecular complexity index is 765. The lowest BCUT2D eigenvalue weighted by atomic mass is 10.0. The fourth-order valence-corrected chi connectivity index (χ4v) is 2.82. The summed E-state index contributed by atoms with van der Waals surface area (Å²) in [5.41, 5.74) is 1.99. The van der Waals surface area contributed by atoms with Gasteiger partial charge in [0.2, 0.25) is 0 Å². The van der Waals surface area contributed by atoms with E-state index in [2.05, 4.69) is 9.53 Å². The van der Waals surface area contributed by atoms with E-state index in [4.69, 9.17) is 5.21 Å². The molecule has 3 aromatic rings. The maximum atomic E-state index is 9.87. The molecule has 0 saturated heterocycles. The van der Waals surface area contributed by atoms with Gasteiger partial charge in [-0.1, -0.05) is 35.5 Å². The minimum atomic E-state index is 0.0624. The molecule has 19 heavy (non-hydrogen) atoms. The first kappa shape index (κ1) is 11.7. The van der Waals surface area contributed by atoms with Gasteiger partial charge in [0.15, 0.2) is 0 Å². The van der Waals surface area contributed by atoms with Gasteiger partial charge in [-0.15, -0.1) is 0 Å². The Hall–Kier alpha value is -2.40. The van der Waals surface area contributed by atoms with Gasteiger partial charge in [-0.2, -0.15) is 4.37 Å². The maximum absolute atomic E-state index is 9.87. The molecule has 4 nitrogen and oxygen atoms in total. The number of aromatic nitrogens is 1. The first-order valence-electron chi connectivity index (χ1n) is 5.65. The zero-order chi connectivity index (χ0) is 13.2. The van der Waals surface area contributed by atoms with Crippen LogP contribution in [0.5, 0.6) is 5.75 Å². The van der Waals surface area contributed by atoms with Crippen molar-refractivity contribution in [2.45, 2.75) is 0 Å². The third kappa shape index (κ3) is 1.94. The summed E-state index contributed by atoms with van der Waals surface area (Å²) in [6.07, 6.45) is 1.22. The number of phenolic OH excluding ortho intramolecular Hbond substituents is 1. The molecule has 2 N–H and O–H groups in total. The van der Waals surface area contributed by atoms with Crippen LogP contribution in [0.4, 0.5) is 0 Å². The van der Waals surface area contributed by atoms with Crippen molar-refractivity contribution < 1.29 is 10.3 Å². The van der Waals surface area contributed by atoms with E-state index < -0.39 is 0 Å². The van der Waals surface area contributed by atoms with Crippen LogP contribution >= 0.6 is 11.5 Å². The second-order valence-electron chi connectivity index (χ2n) is 4.01. The van der Waals surface area contributed by atoms with Crippen LogP contribution in [0.15, 0.2) is 47.6 Å². The van der Waals surface area contributed by atoms with Crippen molar-refractivity contribution in [1.29, 1.82) is 0 Å². The number of hydrogen-bond donors (Lipinski definition) is 2. The number of hydrogen-bond acceptors (Lipinski definition) is 5. The molecule has 0 atom stereocenters. The Kier molecular flexibility index (Phi) is 2.89. The monoisotopic (exact) mass is 270 g/mol. The van der Waals surface area contributed by atoms with Gasteiger partial charge < -0.3 is 10.3 Å². The number of aromatic hydroxyl groups is 1. The fourth-order valence-electron chi connectivity index (χ4n) is 2.03. The summed E-state index contributed by atoms with van der Waals surface area (Å²) >= 11 is 1.40. The summed E-state index contributed by atoms with van der Waals surface area (Å²) < 4.78 is 5.51. The molecule has 2 aromatic carbocycles. The molecule has 0 fully saturated rings. The molecule has 0 unspecified atom stereocenters. The summed E-state index contributed by atoms with van der Waals surface area (Å²) in [6.45, 7) is 0. The van der Waals surface area contributed by atoms with E-state index in [1.807, 2.05) is 30.3 Å². The van der Waals surface area contributed by atoms with Crippen molar-refractivity contribution in [2.24, 2.45) is 5.16 Å². The number of nitrogens with zero attached hydrogens (tertiary/aromatic N) is 2. The number of rotatable bonds is 2. The normalized spacial score (nSPS) is 11.4. The van der Waals surface area contributed by atoms with Gasteiger partial charge in [0.1, 0.15) is 5.75 Å². The predicted octanol–water partition coefficient (Wildman–Crippen LogP) is 3.48. The third-order valence-electron chi connectivity index (χ3n) is 2.90. The van der Waals surface area contributed by atoms with Crippen molar-refractivity contribution in [3.8, 4) is 17.0 Å². The van der Waals surface area contributed by atoms with Crippen molar-refractivity contribution in [2.75, 3.05) is 0 Å².